The van der Waals surface area contributed by atoms with Crippen LogP contribution in [0.25, 0.3) is 0 Å². The fourth-order valence-corrected chi connectivity index (χ4v) is 2.04. The van der Waals surface area contributed by atoms with Crippen LogP contribution >= 0.6 is 0 Å². The number of hydrogen-bond acceptors (Lipinski definition) is 3. The molecule has 1 saturated heterocycles. The number of rotatable bonds is 4. The van der Waals surface area contributed by atoms with Crippen molar-refractivity contribution in [3.63, 3.8) is 0 Å². The third-order valence-electron chi connectivity index (χ3n) is 3.00. The summed E-state index contributed by atoms with van der Waals surface area (Å²) < 4.78 is 5.44. The van der Waals surface area contributed by atoms with Crippen molar-refractivity contribution in [2.24, 2.45) is 0 Å². The highest BCUT2D eigenvalue weighted by molar-refractivity contribution is 5.88. The molecule has 1 aromatic carbocycles. The van der Waals surface area contributed by atoms with Gasteiger partial charge in [-0.3, -0.25) is 9.59 Å². The van der Waals surface area contributed by atoms with E-state index in [9.17, 15) is 9.59 Å². The molecule has 5 heteroatoms. The van der Waals surface area contributed by atoms with Crippen LogP contribution in [0.4, 0.5) is 5.69 Å². The smallest absolute Gasteiger partial charge is 0.260 e. The number of carbonyl (C=O) groups excluding carboxylic acids is 2. The second-order valence-corrected chi connectivity index (χ2v) is 4.58. The number of nitrogens with zero attached hydrogens (tertiary/aromatic N) is 1. The van der Waals surface area contributed by atoms with Crippen molar-refractivity contribution in [3.8, 4) is 5.75 Å². The van der Waals surface area contributed by atoms with E-state index >= 15 is 0 Å². The van der Waals surface area contributed by atoms with Crippen LogP contribution in [0.2, 0.25) is 0 Å². The predicted molar refractivity (Wildman–Crippen MR) is 72.1 cm³/mol. The van der Waals surface area contributed by atoms with E-state index in [-0.39, 0.29) is 18.4 Å². The minimum Gasteiger partial charge on any atom is -0.484 e. The summed E-state index contributed by atoms with van der Waals surface area (Å²) in [4.78, 5) is 24.5. The molecule has 0 atom stereocenters. The lowest BCUT2D eigenvalue weighted by molar-refractivity contribution is -0.132. The lowest BCUT2D eigenvalue weighted by atomic mass is 10.3. The third kappa shape index (κ3) is 3.98. The maximum Gasteiger partial charge on any atom is 0.260 e. The van der Waals surface area contributed by atoms with Crippen LogP contribution < -0.4 is 10.1 Å². The zero-order valence-electron chi connectivity index (χ0n) is 11.0. The lowest BCUT2D eigenvalue weighted by Crippen LogP contribution is -2.32. The topological polar surface area (TPSA) is 58.6 Å². The van der Waals surface area contributed by atoms with Crippen molar-refractivity contribution in [3.05, 3.63) is 24.3 Å². The normalized spacial score (nSPS) is 14.3. The molecule has 0 aliphatic carbocycles. The van der Waals surface area contributed by atoms with Gasteiger partial charge in [0, 0.05) is 25.7 Å². The highest BCUT2D eigenvalue weighted by atomic mass is 16.5. The Labute approximate surface area is 112 Å². The average molecular weight is 262 g/mol. The summed E-state index contributed by atoms with van der Waals surface area (Å²) in [5.74, 6) is 0.544. The second kappa shape index (κ2) is 6.22. The highest BCUT2D eigenvalue weighted by Gasteiger charge is 2.17. The van der Waals surface area contributed by atoms with Gasteiger partial charge in [0.15, 0.2) is 6.61 Å². The number of carbonyl (C=O) groups is 2. The molecule has 19 heavy (non-hydrogen) atoms. The SMILES string of the molecule is CC(=O)Nc1ccc(OCC(=O)N2CCCC2)cc1. The van der Waals surface area contributed by atoms with Crippen LogP contribution in [0.1, 0.15) is 19.8 Å². The van der Waals surface area contributed by atoms with Crippen LogP contribution in [-0.2, 0) is 9.59 Å². The van der Waals surface area contributed by atoms with E-state index in [0.29, 0.717) is 11.4 Å². The van der Waals surface area contributed by atoms with Crippen LogP contribution in [0.15, 0.2) is 24.3 Å². The third-order valence-corrected chi connectivity index (χ3v) is 3.00. The number of amides is 2. The summed E-state index contributed by atoms with van der Waals surface area (Å²) >= 11 is 0. The molecular weight excluding hydrogens is 244 g/mol. The van der Waals surface area contributed by atoms with Crippen LogP contribution in [0, 0.1) is 0 Å². The Morgan fingerprint density at radius 1 is 1.21 bits per heavy atom. The first-order valence-corrected chi connectivity index (χ1v) is 6.43. The van der Waals surface area contributed by atoms with Crippen molar-refractivity contribution in [1.82, 2.24) is 4.90 Å². The summed E-state index contributed by atoms with van der Waals surface area (Å²) in [5, 5.41) is 2.67. The molecule has 1 aromatic rings. The zero-order valence-corrected chi connectivity index (χ0v) is 11.0. The number of likely N-dealkylation sites (tertiary alicyclic amines) is 1. The van der Waals surface area contributed by atoms with Gasteiger partial charge in [0.25, 0.3) is 5.91 Å². The largest absolute Gasteiger partial charge is 0.484 e. The van der Waals surface area contributed by atoms with Crippen molar-refractivity contribution in [2.45, 2.75) is 19.8 Å². The molecule has 1 fully saturated rings. The molecule has 0 bridgehead atoms. The fourth-order valence-electron chi connectivity index (χ4n) is 2.04. The Hall–Kier alpha value is -2.04. The van der Waals surface area contributed by atoms with Crippen molar-refractivity contribution in [2.75, 3.05) is 25.0 Å². The Balaban J connectivity index is 1.82. The van der Waals surface area contributed by atoms with Gasteiger partial charge in [-0.15, -0.1) is 0 Å². The van der Waals surface area contributed by atoms with Crippen LogP contribution in [0.5, 0.6) is 5.75 Å². The number of anilines is 1. The fraction of sp³-hybridized carbons (Fsp3) is 0.429. The summed E-state index contributed by atoms with van der Waals surface area (Å²) in [6.07, 6.45) is 2.16. The molecule has 1 heterocycles. The van der Waals surface area contributed by atoms with Crippen molar-refractivity contribution in [1.29, 1.82) is 0 Å². The molecule has 1 aliphatic rings. The van der Waals surface area contributed by atoms with Gasteiger partial charge >= 0.3 is 0 Å². The summed E-state index contributed by atoms with van der Waals surface area (Å²) in [6.45, 7) is 3.20. The molecule has 2 rings (SSSR count). The highest BCUT2D eigenvalue weighted by Crippen LogP contribution is 2.16. The van der Waals surface area contributed by atoms with Crippen molar-refractivity contribution >= 4 is 17.5 Å². The van der Waals surface area contributed by atoms with Gasteiger partial charge in [-0.1, -0.05) is 0 Å². The number of benzene rings is 1. The first kappa shape index (κ1) is 13.4. The lowest BCUT2D eigenvalue weighted by Gasteiger charge is -2.15. The van der Waals surface area contributed by atoms with Gasteiger partial charge in [-0.2, -0.15) is 0 Å². The maximum absolute atomic E-state index is 11.8. The van der Waals surface area contributed by atoms with Crippen LogP contribution in [-0.4, -0.2) is 36.4 Å². The standard InChI is InChI=1S/C14H18N2O3/c1-11(17)15-12-4-6-13(7-5-12)19-10-14(18)16-8-2-3-9-16/h4-7H,2-3,8-10H2,1H3,(H,15,17). The first-order chi connectivity index (χ1) is 9.15. The van der Waals surface area contributed by atoms with Gasteiger partial charge in [0.2, 0.25) is 5.91 Å². The van der Waals surface area contributed by atoms with E-state index in [1.807, 2.05) is 4.90 Å². The Bertz CT molecular complexity index is 450. The van der Waals surface area contributed by atoms with E-state index in [1.54, 1.807) is 24.3 Å². The van der Waals surface area contributed by atoms with E-state index in [4.69, 9.17) is 4.74 Å². The van der Waals surface area contributed by atoms with E-state index in [1.165, 1.54) is 6.92 Å². The zero-order chi connectivity index (χ0) is 13.7. The van der Waals surface area contributed by atoms with Crippen LogP contribution in [0.3, 0.4) is 0 Å². The van der Waals surface area contributed by atoms with Crippen molar-refractivity contribution < 1.29 is 14.3 Å². The molecule has 0 unspecified atom stereocenters. The van der Waals surface area contributed by atoms with Gasteiger partial charge in [0.1, 0.15) is 5.75 Å². The number of hydrogen-bond donors (Lipinski definition) is 1. The summed E-state index contributed by atoms with van der Waals surface area (Å²) in [5.41, 5.74) is 0.714. The Morgan fingerprint density at radius 2 is 1.84 bits per heavy atom. The second-order valence-electron chi connectivity index (χ2n) is 4.58. The molecule has 1 aliphatic heterocycles. The quantitative estimate of drug-likeness (QED) is 0.897. The summed E-state index contributed by atoms with van der Waals surface area (Å²) in [6, 6.07) is 6.97. The maximum atomic E-state index is 11.8. The Kier molecular flexibility index (Phi) is 4.39. The number of nitrogens with one attached hydrogen (secondary N) is 1. The summed E-state index contributed by atoms with van der Waals surface area (Å²) in [7, 11) is 0. The molecule has 102 valence electrons. The van der Waals surface area contributed by atoms with Gasteiger partial charge < -0.3 is 15.0 Å². The molecule has 0 saturated carbocycles. The monoisotopic (exact) mass is 262 g/mol. The number of ether oxygens (including phenoxy) is 1. The van der Waals surface area contributed by atoms with E-state index < -0.39 is 0 Å². The minimum atomic E-state index is -0.113. The Morgan fingerprint density at radius 3 is 2.42 bits per heavy atom. The first-order valence-electron chi connectivity index (χ1n) is 6.43. The molecule has 0 radical (unpaired) electrons. The molecule has 2 amide bonds. The molecule has 0 aromatic heterocycles. The molecule has 1 N–H and O–H groups in total. The molecular formula is C14H18N2O3. The minimum absolute atomic E-state index is 0.0310. The van der Waals surface area contributed by atoms with Gasteiger partial charge in [0.05, 0.1) is 0 Å². The molecule has 5 nitrogen and oxygen atoms in total. The van der Waals surface area contributed by atoms with E-state index in [2.05, 4.69) is 5.32 Å². The average Bonchev–Trinajstić information content (AvgIpc) is 2.91. The van der Waals surface area contributed by atoms with E-state index in [0.717, 1.165) is 25.9 Å². The van der Waals surface area contributed by atoms with Gasteiger partial charge in [-0.25, -0.2) is 0 Å². The van der Waals surface area contributed by atoms with Gasteiger partial charge in [-0.05, 0) is 37.1 Å². The molecule has 0 spiro atoms. The predicted octanol–water partition coefficient (Wildman–Crippen LogP) is 1.65.